The van der Waals surface area contributed by atoms with Gasteiger partial charge in [-0.25, -0.2) is 4.98 Å². The van der Waals surface area contributed by atoms with E-state index < -0.39 is 6.10 Å². The number of hydrogen-bond donors (Lipinski definition) is 3. The van der Waals surface area contributed by atoms with Crippen molar-refractivity contribution in [3.05, 3.63) is 60.2 Å². The molecule has 3 N–H and O–H groups in total. The highest BCUT2D eigenvalue weighted by molar-refractivity contribution is 5.93. The summed E-state index contributed by atoms with van der Waals surface area (Å²) in [7, 11) is 0. The minimum atomic E-state index is -0.787. The van der Waals surface area contributed by atoms with E-state index in [1.165, 1.54) is 5.56 Å². The second-order valence-electron chi connectivity index (χ2n) is 5.66. The van der Waals surface area contributed by atoms with Crippen LogP contribution < -0.4 is 5.32 Å². The molecule has 1 aromatic heterocycles. The Kier molecular flexibility index (Phi) is 4.55. The fourth-order valence-electron chi connectivity index (χ4n) is 2.49. The van der Waals surface area contributed by atoms with E-state index in [1.54, 1.807) is 0 Å². The first-order chi connectivity index (χ1) is 11.2. The van der Waals surface area contributed by atoms with E-state index >= 15 is 0 Å². The molecule has 1 heterocycles. The summed E-state index contributed by atoms with van der Waals surface area (Å²) in [5, 5.41) is 22.8. The maximum atomic E-state index is 9.58. The molecule has 0 bridgehead atoms. The molecule has 4 nitrogen and oxygen atoms in total. The van der Waals surface area contributed by atoms with E-state index in [-0.39, 0.29) is 13.2 Å². The summed E-state index contributed by atoms with van der Waals surface area (Å²) in [4.78, 5) is 4.73. The van der Waals surface area contributed by atoms with Gasteiger partial charge in [0, 0.05) is 23.2 Å². The molecular weight excluding hydrogens is 288 g/mol. The van der Waals surface area contributed by atoms with Crippen molar-refractivity contribution in [2.45, 2.75) is 13.0 Å². The van der Waals surface area contributed by atoms with Crippen molar-refractivity contribution in [2.75, 3.05) is 18.5 Å². The van der Waals surface area contributed by atoms with Crippen LogP contribution in [-0.2, 0) is 0 Å². The lowest BCUT2D eigenvalue weighted by atomic mass is 10.1. The minimum absolute atomic E-state index is 0.263. The van der Waals surface area contributed by atoms with Gasteiger partial charge in [0.1, 0.15) is 0 Å². The van der Waals surface area contributed by atoms with Gasteiger partial charge in [0.15, 0.2) is 0 Å². The first kappa shape index (κ1) is 15.5. The fraction of sp³-hybridized carbons (Fsp3) is 0.211. The number of anilines is 1. The van der Waals surface area contributed by atoms with Crippen LogP contribution in [0.1, 0.15) is 5.56 Å². The number of pyridine rings is 1. The molecule has 3 aromatic rings. The Morgan fingerprint density at radius 3 is 2.57 bits per heavy atom. The Balaban J connectivity index is 2.04. The van der Waals surface area contributed by atoms with E-state index in [0.29, 0.717) is 0 Å². The van der Waals surface area contributed by atoms with Crippen LogP contribution in [-0.4, -0.2) is 34.5 Å². The van der Waals surface area contributed by atoms with Gasteiger partial charge in [-0.2, -0.15) is 0 Å². The molecule has 1 atom stereocenters. The van der Waals surface area contributed by atoms with Gasteiger partial charge in [0.2, 0.25) is 0 Å². The first-order valence-corrected chi connectivity index (χ1v) is 7.67. The number of rotatable bonds is 5. The van der Waals surface area contributed by atoms with Gasteiger partial charge in [-0.05, 0) is 19.1 Å². The molecule has 0 amide bonds. The normalized spacial score (nSPS) is 12.3. The number of aliphatic hydroxyl groups is 2. The molecule has 118 valence electrons. The number of benzene rings is 2. The topological polar surface area (TPSA) is 65.4 Å². The predicted molar refractivity (Wildman–Crippen MR) is 93.5 cm³/mol. The standard InChI is InChI=1S/C19H20N2O2/c1-13-6-8-14(9-7-13)18-10-19(20-11-15(23)12-22)16-4-2-3-5-17(16)21-18/h2-10,15,22-23H,11-12H2,1H3,(H,20,21)/t15-/m0/s1. The molecule has 2 aromatic carbocycles. The number of fused-ring (bicyclic) bond motifs is 1. The Labute approximate surface area is 135 Å². The van der Waals surface area contributed by atoms with E-state index in [4.69, 9.17) is 10.1 Å². The lowest BCUT2D eigenvalue weighted by molar-refractivity contribution is 0.105. The van der Waals surface area contributed by atoms with Crippen LogP contribution in [0.3, 0.4) is 0 Å². The van der Waals surface area contributed by atoms with E-state index in [0.717, 1.165) is 27.8 Å². The zero-order valence-electron chi connectivity index (χ0n) is 13.0. The molecule has 0 aliphatic carbocycles. The van der Waals surface area contributed by atoms with Gasteiger partial charge in [0.05, 0.1) is 23.9 Å². The molecule has 4 heteroatoms. The molecule has 0 aliphatic rings. The van der Waals surface area contributed by atoms with Gasteiger partial charge < -0.3 is 15.5 Å². The van der Waals surface area contributed by atoms with E-state index in [2.05, 4.69) is 36.5 Å². The Hall–Kier alpha value is -2.43. The molecule has 0 aliphatic heterocycles. The highest BCUT2D eigenvalue weighted by Crippen LogP contribution is 2.28. The zero-order valence-corrected chi connectivity index (χ0v) is 13.0. The third-order valence-corrected chi connectivity index (χ3v) is 3.80. The summed E-state index contributed by atoms with van der Waals surface area (Å²) in [6.07, 6.45) is -0.787. The van der Waals surface area contributed by atoms with Crippen LogP contribution in [0.4, 0.5) is 5.69 Å². The SMILES string of the molecule is Cc1ccc(-c2cc(NC[C@H](O)CO)c3ccccc3n2)cc1. The number of nitrogens with one attached hydrogen (secondary N) is 1. The number of hydrogen-bond acceptors (Lipinski definition) is 4. The highest BCUT2D eigenvalue weighted by atomic mass is 16.3. The summed E-state index contributed by atoms with van der Waals surface area (Å²) in [6.45, 7) is 2.08. The molecule has 0 saturated carbocycles. The summed E-state index contributed by atoms with van der Waals surface area (Å²) >= 11 is 0. The largest absolute Gasteiger partial charge is 0.394 e. The average Bonchev–Trinajstić information content (AvgIpc) is 2.59. The Bertz CT molecular complexity index is 800. The lowest BCUT2D eigenvalue weighted by Crippen LogP contribution is -2.23. The van der Waals surface area contributed by atoms with Gasteiger partial charge in [-0.3, -0.25) is 0 Å². The maximum absolute atomic E-state index is 9.58. The number of para-hydroxylation sites is 1. The number of aryl methyl sites for hydroxylation is 1. The number of nitrogens with zero attached hydrogens (tertiary/aromatic N) is 1. The van der Waals surface area contributed by atoms with Crippen LogP contribution in [0.5, 0.6) is 0 Å². The van der Waals surface area contributed by atoms with Gasteiger partial charge >= 0.3 is 0 Å². The monoisotopic (exact) mass is 308 g/mol. The zero-order chi connectivity index (χ0) is 16.2. The minimum Gasteiger partial charge on any atom is -0.394 e. The second-order valence-corrected chi connectivity index (χ2v) is 5.66. The van der Waals surface area contributed by atoms with Crippen LogP contribution in [0.15, 0.2) is 54.6 Å². The third-order valence-electron chi connectivity index (χ3n) is 3.80. The molecule has 0 fully saturated rings. The van der Waals surface area contributed by atoms with Gasteiger partial charge in [-0.15, -0.1) is 0 Å². The highest BCUT2D eigenvalue weighted by Gasteiger charge is 2.09. The maximum Gasteiger partial charge on any atom is 0.0942 e. The number of aromatic nitrogens is 1. The van der Waals surface area contributed by atoms with E-state index in [9.17, 15) is 5.11 Å². The summed E-state index contributed by atoms with van der Waals surface area (Å²) in [5.74, 6) is 0. The molecule has 0 radical (unpaired) electrons. The smallest absolute Gasteiger partial charge is 0.0942 e. The van der Waals surface area contributed by atoms with Crippen LogP contribution in [0.25, 0.3) is 22.2 Å². The van der Waals surface area contributed by atoms with Crippen molar-refractivity contribution >= 4 is 16.6 Å². The molecule has 0 unspecified atom stereocenters. The van der Waals surface area contributed by atoms with E-state index in [1.807, 2.05) is 30.3 Å². The van der Waals surface area contributed by atoms with Crippen LogP contribution in [0, 0.1) is 6.92 Å². The van der Waals surface area contributed by atoms with Crippen molar-refractivity contribution in [3.63, 3.8) is 0 Å². The summed E-state index contributed by atoms with van der Waals surface area (Å²) in [5.41, 5.74) is 4.93. The molecule has 0 saturated heterocycles. The first-order valence-electron chi connectivity index (χ1n) is 7.67. The van der Waals surface area contributed by atoms with Crippen LogP contribution in [0.2, 0.25) is 0 Å². The summed E-state index contributed by atoms with van der Waals surface area (Å²) < 4.78 is 0. The third kappa shape index (κ3) is 3.50. The van der Waals surface area contributed by atoms with Crippen molar-refractivity contribution in [3.8, 4) is 11.3 Å². The Morgan fingerprint density at radius 1 is 1.09 bits per heavy atom. The molecule has 0 spiro atoms. The fourth-order valence-corrected chi connectivity index (χ4v) is 2.49. The lowest BCUT2D eigenvalue weighted by Gasteiger charge is -2.14. The van der Waals surface area contributed by atoms with Gasteiger partial charge in [-0.1, -0.05) is 48.0 Å². The van der Waals surface area contributed by atoms with Crippen molar-refractivity contribution in [1.29, 1.82) is 0 Å². The average molecular weight is 308 g/mol. The van der Waals surface area contributed by atoms with Crippen molar-refractivity contribution < 1.29 is 10.2 Å². The quantitative estimate of drug-likeness (QED) is 0.678. The predicted octanol–water partition coefficient (Wildman–Crippen LogP) is 2.98. The molecule has 3 rings (SSSR count). The second kappa shape index (κ2) is 6.77. The van der Waals surface area contributed by atoms with Crippen molar-refractivity contribution in [1.82, 2.24) is 4.98 Å². The summed E-state index contributed by atoms with van der Waals surface area (Å²) in [6, 6.07) is 18.1. The van der Waals surface area contributed by atoms with Gasteiger partial charge in [0.25, 0.3) is 0 Å². The number of aliphatic hydroxyl groups excluding tert-OH is 2. The molecule has 23 heavy (non-hydrogen) atoms. The Morgan fingerprint density at radius 2 is 1.83 bits per heavy atom. The van der Waals surface area contributed by atoms with Crippen molar-refractivity contribution in [2.24, 2.45) is 0 Å². The molecular formula is C19H20N2O2. The van der Waals surface area contributed by atoms with Crippen LogP contribution >= 0.6 is 0 Å².